The molecular weight excluding hydrogens is 535 g/mol. The fourth-order valence-corrected chi connectivity index (χ4v) is 4.05. The largest absolute Gasteiger partial charge is 0.510 e. The van der Waals surface area contributed by atoms with Crippen LogP contribution in [0.3, 0.4) is 0 Å². The van der Waals surface area contributed by atoms with Crippen LogP contribution < -0.4 is 10.6 Å². The van der Waals surface area contributed by atoms with Crippen LogP contribution in [0.5, 0.6) is 5.75 Å². The van der Waals surface area contributed by atoms with Crippen molar-refractivity contribution in [2.24, 2.45) is 0 Å². The van der Waals surface area contributed by atoms with Crippen LogP contribution in [0.2, 0.25) is 5.02 Å². The van der Waals surface area contributed by atoms with Crippen LogP contribution in [-0.2, 0) is 19.1 Å². The Morgan fingerprint density at radius 2 is 1.70 bits per heavy atom. The summed E-state index contributed by atoms with van der Waals surface area (Å²) in [6.45, 7) is 1.61. The number of benzene rings is 1. The zero-order chi connectivity index (χ0) is 27.5. The van der Waals surface area contributed by atoms with E-state index in [0.717, 1.165) is 0 Å². The predicted molar refractivity (Wildman–Crippen MR) is 133 cm³/mol. The van der Waals surface area contributed by atoms with Crippen molar-refractivity contribution in [3.8, 4) is 5.75 Å². The van der Waals surface area contributed by atoms with Crippen molar-refractivity contribution in [3.63, 3.8) is 0 Å². The minimum Gasteiger partial charge on any atom is -0.510 e. The zero-order valence-corrected chi connectivity index (χ0v) is 21.1. The molecule has 0 heterocycles. The SMILES string of the molecule is O=C(O)COCCOCCNCCNC(C1=CC(C(=O)O)=C(O)C(Cl)C1)c1cc(Cl)c(O)c(C(=O)O)c1. The minimum absolute atomic E-state index is 0.0773. The second kappa shape index (κ2) is 14.8. The summed E-state index contributed by atoms with van der Waals surface area (Å²) in [5.74, 6) is -4.89. The second-order valence-corrected chi connectivity index (χ2v) is 8.83. The van der Waals surface area contributed by atoms with Crippen LogP contribution in [0.4, 0.5) is 0 Å². The standard InChI is InChI=1S/C23H28Cl2N2O10/c24-16-9-12(7-14(20(16)30)22(32)33)19(13-8-15(23(34)35)21(31)17(25)10-13)27-2-1-26-3-4-36-5-6-37-11-18(28)29/h7-9,17,19,26-27,30-31H,1-6,10-11H2,(H,28,29)(H,32,33)(H,34,35). The molecule has 7 N–H and O–H groups in total. The zero-order valence-electron chi connectivity index (χ0n) is 19.6. The number of alkyl halides is 1. The molecule has 0 fully saturated rings. The number of carboxylic acid groups (broad SMARTS) is 3. The Bertz CT molecular complexity index is 1060. The Balaban J connectivity index is 2.07. The van der Waals surface area contributed by atoms with Crippen molar-refractivity contribution in [2.75, 3.05) is 46.1 Å². The Kier molecular flexibility index (Phi) is 12.1. The van der Waals surface area contributed by atoms with Crippen LogP contribution in [0.1, 0.15) is 28.4 Å². The van der Waals surface area contributed by atoms with Crippen LogP contribution >= 0.6 is 23.2 Å². The molecule has 2 unspecified atom stereocenters. The monoisotopic (exact) mass is 562 g/mol. The van der Waals surface area contributed by atoms with Crippen molar-refractivity contribution in [3.05, 3.63) is 51.3 Å². The summed E-state index contributed by atoms with van der Waals surface area (Å²) in [6, 6.07) is 1.87. The maximum absolute atomic E-state index is 11.6. The first kappa shape index (κ1) is 30.4. The van der Waals surface area contributed by atoms with Gasteiger partial charge in [-0.1, -0.05) is 11.6 Å². The number of halogens is 2. The van der Waals surface area contributed by atoms with Gasteiger partial charge in [0.1, 0.15) is 23.7 Å². The molecule has 0 bridgehead atoms. The molecule has 0 spiro atoms. The molecule has 37 heavy (non-hydrogen) atoms. The van der Waals surface area contributed by atoms with Gasteiger partial charge in [0.25, 0.3) is 0 Å². The number of ether oxygens (including phenoxy) is 2. The van der Waals surface area contributed by atoms with Gasteiger partial charge in [0, 0.05) is 19.6 Å². The van der Waals surface area contributed by atoms with Gasteiger partial charge in [-0.05, 0) is 35.8 Å². The molecule has 1 aliphatic carbocycles. The van der Waals surface area contributed by atoms with Gasteiger partial charge in [0.05, 0.1) is 41.8 Å². The molecule has 1 aliphatic rings. The smallest absolute Gasteiger partial charge is 0.339 e. The average Bonchev–Trinajstić information content (AvgIpc) is 2.82. The molecule has 0 amide bonds. The van der Waals surface area contributed by atoms with E-state index in [9.17, 15) is 34.8 Å². The molecule has 0 aromatic heterocycles. The van der Waals surface area contributed by atoms with Crippen LogP contribution in [-0.4, -0.2) is 94.9 Å². The molecule has 12 nitrogen and oxygen atoms in total. The Morgan fingerprint density at radius 3 is 2.35 bits per heavy atom. The topological polar surface area (TPSA) is 195 Å². The maximum Gasteiger partial charge on any atom is 0.339 e. The fraction of sp³-hybridized carbons (Fsp3) is 0.435. The summed E-state index contributed by atoms with van der Waals surface area (Å²) < 4.78 is 10.2. The summed E-state index contributed by atoms with van der Waals surface area (Å²) in [4.78, 5) is 33.5. The number of aromatic carboxylic acids is 1. The van der Waals surface area contributed by atoms with Gasteiger partial charge in [0.15, 0.2) is 0 Å². The van der Waals surface area contributed by atoms with E-state index in [2.05, 4.69) is 10.6 Å². The fourth-order valence-electron chi connectivity index (χ4n) is 3.53. The van der Waals surface area contributed by atoms with Gasteiger partial charge >= 0.3 is 17.9 Å². The number of phenols is 1. The molecule has 1 aromatic rings. The summed E-state index contributed by atoms with van der Waals surface area (Å²) in [5.41, 5.74) is 0.0238. The molecule has 204 valence electrons. The van der Waals surface area contributed by atoms with Crippen molar-refractivity contribution >= 4 is 41.1 Å². The van der Waals surface area contributed by atoms with E-state index in [0.29, 0.717) is 37.4 Å². The lowest BCUT2D eigenvalue weighted by Gasteiger charge is -2.28. The molecular formula is C23H28Cl2N2O10. The van der Waals surface area contributed by atoms with E-state index in [1.54, 1.807) is 0 Å². The van der Waals surface area contributed by atoms with E-state index in [1.165, 1.54) is 18.2 Å². The van der Waals surface area contributed by atoms with Gasteiger partial charge in [-0.15, -0.1) is 11.6 Å². The van der Waals surface area contributed by atoms with Crippen LogP contribution in [0, 0.1) is 0 Å². The van der Waals surface area contributed by atoms with E-state index >= 15 is 0 Å². The van der Waals surface area contributed by atoms with Crippen molar-refractivity contribution < 1.29 is 49.4 Å². The third-order valence-corrected chi connectivity index (χ3v) is 5.89. The number of carbonyl (C=O) groups is 3. The predicted octanol–water partition coefficient (Wildman–Crippen LogP) is 1.92. The summed E-state index contributed by atoms with van der Waals surface area (Å²) in [5, 5.41) is 52.6. The van der Waals surface area contributed by atoms with Gasteiger partial charge in [-0.2, -0.15) is 0 Å². The van der Waals surface area contributed by atoms with E-state index in [1.807, 2.05) is 0 Å². The van der Waals surface area contributed by atoms with E-state index in [-0.39, 0.29) is 36.8 Å². The third kappa shape index (κ3) is 9.18. The van der Waals surface area contributed by atoms with Crippen molar-refractivity contribution in [2.45, 2.75) is 17.8 Å². The number of aliphatic hydroxyl groups is 1. The number of carboxylic acids is 3. The van der Waals surface area contributed by atoms with E-state index < -0.39 is 46.4 Å². The molecule has 2 rings (SSSR count). The number of hydrogen-bond acceptors (Lipinski definition) is 9. The van der Waals surface area contributed by atoms with Gasteiger partial charge in [-0.3, -0.25) is 0 Å². The second-order valence-electron chi connectivity index (χ2n) is 7.89. The third-order valence-electron chi connectivity index (χ3n) is 5.24. The number of hydrogen-bond donors (Lipinski definition) is 7. The lowest BCUT2D eigenvalue weighted by Crippen LogP contribution is -2.34. The first-order valence-electron chi connectivity index (χ1n) is 11.1. The molecule has 0 saturated heterocycles. The Hall–Kier alpha value is -2.87. The molecule has 1 aromatic carbocycles. The first-order valence-corrected chi connectivity index (χ1v) is 11.9. The number of aliphatic hydroxyl groups excluding tert-OH is 1. The van der Waals surface area contributed by atoms with Crippen molar-refractivity contribution in [1.82, 2.24) is 10.6 Å². The van der Waals surface area contributed by atoms with Gasteiger partial charge in [-0.25, -0.2) is 14.4 Å². The number of aromatic hydroxyl groups is 1. The minimum atomic E-state index is -1.40. The number of rotatable bonds is 16. The van der Waals surface area contributed by atoms with Gasteiger partial charge in [0.2, 0.25) is 0 Å². The molecule has 0 saturated carbocycles. The Labute approximate surface area is 222 Å². The maximum atomic E-state index is 11.6. The summed E-state index contributed by atoms with van der Waals surface area (Å²) in [6.07, 6.45) is 1.36. The first-order chi connectivity index (χ1) is 17.5. The van der Waals surface area contributed by atoms with E-state index in [4.69, 9.17) is 37.8 Å². The summed E-state index contributed by atoms with van der Waals surface area (Å²) in [7, 11) is 0. The number of allylic oxidation sites excluding steroid dienone is 1. The van der Waals surface area contributed by atoms with Crippen LogP contribution in [0.25, 0.3) is 0 Å². The highest BCUT2D eigenvalue weighted by atomic mass is 35.5. The average molecular weight is 563 g/mol. The molecule has 0 aliphatic heterocycles. The normalized spacial score (nSPS) is 16.4. The highest BCUT2D eigenvalue weighted by Gasteiger charge is 2.30. The summed E-state index contributed by atoms with van der Waals surface area (Å²) >= 11 is 12.2. The highest BCUT2D eigenvalue weighted by Crippen LogP contribution is 2.38. The number of aliphatic carboxylic acids is 2. The molecule has 0 radical (unpaired) electrons. The van der Waals surface area contributed by atoms with Crippen LogP contribution in [0.15, 0.2) is 35.1 Å². The molecule has 2 atom stereocenters. The highest BCUT2D eigenvalue weighted by molar-refractivity contribution is 6.32. The Morgan fingerprint density at radius 1 is 1.00 bits per heavy atom. The quantitative estimate of drug-likeness (QED) is 0.114. The van der Waals surface area contributed by atoms with Gasteiger partial charge < -0.3 is 45.6 Å². The lowest BCUT2D eigenvalue weighted by molar-refractivity contribution is -0.142. The number of nitrogens with one attached hydrogen (secondary N) is 2. The lowest BCUT2D eigenvalue weighted by atomic mass is 9.88. The molecule has 14 heteroatoms. The van der Waals surface area contributed by atoms with Crippen molar-refractivity contribution in [1.29, 1.82) is 0 Å².